The van der Waals surface area contributed by atoms with E-state index in [4.69, 9.17) is 9.47 Å². The third-order valence-electron chi connectivity index (χ3n) is 4.84. The average molecular weight is 546 g/mol. The maximum Gasteiger partial charge on any atom is 0.266 e. The first-order valence-corrected chi connectivity index (χ1v) is 12.7. The van der Waals surface area contributed by atoms with Gasteiger partial charge in [-0.25, -0.2) is 0 Å². The highest BCUT2D eigenvalue weighted by atomic mass is 79.9. The largest absolute Gasteiger partial charge is 0.490 e. The van der Waals surface area contributed by atoms with E-state index in [0.717, 1.165) is 15.6 Å². The van der Waals surface area contributed by atoms with Gasteiger partial charge in [-0.15, -0.1) is 0 Å². The van der Waals surface area contributed by atoms with Crippen molar-refractivity contribution >= 4 is 56.4 Å². The van der Waals surface area contributed by atoms with Gasteiger partial charge in [0.05, 0.1) is 11.5 Å². The van der Waals surface area contributed by atoms with E-state index in [0.29, 0.717) is 47.0 Å². The van der Waals surface area contributed by atoms with E-state index >= 15 is 0 Å². The van der Waals surface area contributed by atoms with Crippen LogP contribution in [0.1, 0.15) is 31.9 Å². The molecule has 180 valence electrons. The summed E-state index contributed by atoms with van der Waals surface area (Å²) in [5, 5.41) is 3.52. The molecule has 1 N–H and O–H groups in total. The van der Waals surface area contributed by atoms with E-state index < -0.39 is 0 Å². The first kappa shape index (κ1) is 25.8. The molecule has 1 saturated heterocycles. The van der Waals surface area contributed by atoms with Gasteiger partial charge < -0.3 is 14.8 Å². The summed E-state index contributed by atoms with van der Waals surface area (Å²) in [7, 11) is 0. The van der Waals surface area contributed by atoms with Crippen LogP contribution < -0.4 is 14.8 Å². The number of rotatable bonds is 9. The lowest BCUT2D eigenvalue weighted by molar-refractivity contribution is -0.122. The van der Waals surface area contributed by atoms with Crippen LogP contribution in [0.5, 0.6) is 11.5 Å². The predicted molar refractivity (Wildman–Crippen MR) is 142 cm³/mol. The van der Waals surface area contributed by atoms with Crippen LogP contribution in [0.3, 0.4) is 0 Å². The normalized spacial score (nSPS) is 15.8. The highest BCUT2D eigenvalue weighted by Gasteiger charge is 2.32. The fourth-order valence-corrected chi connectivity index (χ4v) is 4.73. The Bertz CT molecular complexity index is 1120. The number of ether oxygens (including phenoxy) is 2. The van der Waals surface area contributed by atoms with Crippen molar-refractivity contribution in [3.63, 3.8) is 0 Å². The number of thioether (sulfide) groups is 1. The Labute approximate surface area is 212 Å². The molecular weight excluding hydrogens is 518 g/mol. The number of carbonyl (C=O) groups excluding carboxylic acids is 2. The minimum absolute atomic E-state index is 0.0716. The van der Waals surface area contributed by atoms with Gasteiger partial charge >= 0.3 is 0 Å². The lowest BCUT2D eigenvalue weighted by atomic mass is 10.2. The number of halogens is 1. The molecule has 0 unspecified atom stereocenters. The van der Waals surface area contributed by atoms with E-state index in [1.54, 1.807) is 17.0 Å². The molecule has 2 aromatic carbocycles. The maximum atomic E-state index is 12.8. The minimum atomic E-state index is -0.274. The lowest BCUT2D eigenvalue weighted by Crippen LogP contribution is -2.28. The number of aliphatic imine (C=N–C) groups is 1. The number of nitrogens with zero attached hydrogens (tertiary/aromatic N) is 2. The van der Waals surface area contributed by atoms with Crippen LogP contribution in [-0.4, -0.2) is 48.2 Å². The first-order valence-electron chi connectivity index (χ1n) is 11.1. The second-order valence-corrected chi connectivity index (χ2v) is 9.24. The van der Waals surface area contributed by atoms with E-state index in [1.807, 2.05) is 58.0 Å². The molecule has 0 bridgehead atoms. The Hall–Kier alpha value is -2.78. The molecule has 2 aromatic rings. The summed E-state index contributed by atoms with van der Waals surface area (Å²) in [5.41, 5.74) is 2.59. The van der Waals surface area contributed by atoms with Gasteiger partial charge in [-0.2, -0.15) is 0 Å². The third kappa shape index (κ3) is 6.42. The van der Waals surface area contributed by atoms with Gasteiger partial charge in [0, 0.05) is 23.2 Å². The van der Waals surface area contributed by atoms with Gasteiger partial charge in [-0.1, -0.05) is 33.6 Å². The average Bonchev–Trinajstić information content (AvgIpc) is 3.10. The van der Waals surface area contributed by atoms with E-state index in [2.05, 4.69) is 26.2 Å². The van der Waals surface area contributed by atoms with Gasteiger partial charge in [-0.05, 0) is 75.4 Å². The van der Waals surface area contributed by atoms with Crippen molar-refractivity contribution in [1.82, 2.24) is 4.90 Å². The molecule has 1 fully saturated rings. The van der Waals surface area contributed by atoms with Gasteiger partial charge in [0.1, 0.15) is 0 Å². The molecule has 0 radical (unpaired) electrons. The molecule has 1 aliphatic rings. The van der Waals surface area contributed by atoms with Crippen LogP contribution in [0.25, 0.3) is 6.08 Å². The second kappa shape index (κ2) is 12.1. The summed E-state index contributed by atoms with van der Waals surface area (Å²) in [6.45, 7) is 9.16. The molecular formula is C25H28BrN3O4S. The summed E-state index contributed by atoms with van der Waals surface area (Å²) in [6, 6.07) is 11.1. The van der Waals surface area contributed by atoms with Crippen molar-refractivity contribution in [3.8, 4) is 11.5 Å². The highest BCUT2D eigenvalue weighted by molar-refractivity contribution is 9.10. The fourth-order valence-electron chi connectivity index (χ4n) is 3.20. The highest BCUT2D eigenvalue weighted by Crippen LogP contribution is 2.38. The van der Waals surface area contributed by atoms with Gasteiger partial charge in [0.2, 0.25) is 0 Å². The molecule has 3 rings (SSSR count). The molecule has 0 atom stereocenters. The number of amidine groups is 1. The molecule has 7 nitrogen and oxygen atoms in total. The predicted octanol–water partition coefficient (Wildman–Crippen LogP) is 5.49. The molecule has 0 saturated carbocycles. The number of hydrogen-bond donors (Lipinski definition) is 1. The number of nitrogens with one attached hydrogen (secondary N) is 1. The standard InChI is InChI=1S/C25H28BrN3O4S/c1-5-27-25-29(6-2)24(31)22(34-25)13-17-12-20(32-7-3)21(14-19(17)26)33-15-23(30)28-18-10-8-16(4)9-11-18/h8-14H,5-7,15H2,1-4H3,(H,28,30)/b22-13-,27-25?. The Morgan fingerprint density at radius 1 is 1.15 bits per heavy atom. The summed E-state index contributed by atoms with van der Waals surface area (Å²) in [5.74, 6) is 0.580. The number of aryl methyl sites for hydroxylation is 1. The zero-order chi connectivity index (χ0) is 24.7. The molecule has 1 heterocycles. The Morgan fingerprint density at radius 3 is 2.50 bits per heavy atom. The summed E-state index contributed by atoms with van der Waals surface area (Å²) >= 11 is 4.92. The van der Waals surface area contributed by atoms with Crippen molar-refractivity contribution in [1.29, 1.82) is 0 Å². The Morgan fingerprint density at radius 2 is 1.85 bits per heavy atom. The van der Waals surface area contributed by atoms with Gasteiger partial charge in [0.25, 0.3) is 11.8 Å². The quantitative estimate of drug-likeness (QED) is 0.421. The van der Waals surface area contributed by atoms with E-state index in [1.165, 1.54) is 11.8 Å². The van der Waals surface area contributed by atoms with Crippen LogP contribution >= 0.6 is 27.7 Å². The summed E-state index contributed by atoms with van der Waals surface area (Å²) in [6.07, 6.45) is 1.81. The lowest BCUT2D eigenvalue weighted by Gasteiger charge is -2.14. The van der Waals surface area contributed by atoms with Gasteiger partial charge in [0.15, 0.2) is 23.3 Å². The van der Waals surface area contributed by atoms with Gasteiger partial charge in [-0.3, -0.25) is 19.5 Å². The number of likely N-dealkylation sites (N-methyl/N-ethyl adjacent to an activating group) is 1. The number of hydrogen-bond acceptors (Lipinski definition) is 6. The van der Waals surface area contributed by atoms with Crippen LogP contribution in [0.4, 0.5) is 5.69 Å². The number of amides is 2. The zero-order valence-electron chi connectivity index (χ0n) is 19.7. The molecule has 0 spiro atoms. The topological polar surface area (TPSA) is 80.2 Å². The van der Waals surface area contributed by atoms with E-state index in [9.17, 15) is 9.59 Å². The number of benzene rings is 2. The molecule has 0 aromatic heterocycles. The van der Waals surface area contributed by atoms with Crippen LogP contribution in [0.2, 0.25) is 0 Å². The van der Waals surface area contributed by atoms with E-state index in [-0.39, 0.29) is 18.4 Å². The molecule has 1 aliphatic heterocycles. The fraction of sp³-hybridized carbons (Fsp3) is 0.320. The number of carbonyl (C=O) groups is 2. The van der Waals surface area contributed by atoms with Crippen molar-refractivity contribution in [2.75, 3.05) is 31.6 Å². The summed E-state index contributed by atoms with van der Waals surface area (Å²) in [4.78, 5) is 31.8. The molecule has 9 heteroatoms. The SMILES string of the molecule is CCN=C1S/C(=C\c2cc(OCC)c(OCC(=O)Nc3ccc(C)cc3)cc2Br)C(=O)N1CC. The second-order valence-electron chi connectivity index (χ2n) is 7.37. The minimum Gasteiger partial charge on any atom is -0.490 e. The molecule has 0 aliphatic carbocycles. The van der Waals surface area contributed by atoms with Crippen LogP contribution in [0, 0.1) is 6.92 Å². The van der Waals surface area contributed by atoms with Crippen LogP contribution in [-0.2, 0) is 9.59 Å². The van der Waals surface area contributed by atoms with Crippen molar-refractivity contribution in [3.05, 3.63) is 56.9 Å². The zero-order valence-corrected chi connectivity index (χ0v) is 22.1. The van der Waals surface area contributed by atoms with Crippen molar-refractivity contribution in [2.45, 2.75) is 27.7 Å². The Balaban J connectivity index is 1.78. The first-order chi connectivity index (χ1) is 16.4. The summed E-state index contributed by atoms with van der Waals surface area (Å²) < 4.78 is 12.2. The third-order valence-corrected chi connectivity index (χ3v) is 6.57. The Kier molecular flexibility index (Phi) is 9.18. The van der Waals surface area contributed by atoms with Crippen LogP contribution in [0.15, 0.2) is 50.8 Å². The molecule has 34 heavy (non-hydrogen) atoms. The maximum absolute atomic E-state index is 12.8. The van der Waals surface area contributed by atoms with Crippen molar-refractivity contribution < 1.29 is 19.1 Å². The van der Waals surface area contributed by atoms with Crippen molar-refractivity contribution in [2.24, 2.45) is 4.99 Å². The smallest absolute Gasteiger partial charge is 0.266 e. The molecule has 2 amide bonds. The number of anilines is 1. The monoisotopic (exact) mass is 545 g/mol.